The van der Waals surface area contributed by atoms with E-state index in [1.165, 1.54) is 12.8 Å². The first-order chi connectivity index (χ1) is 7.29. The van der Waals surface area contributed by atoms with E-state index in [9.17, 15) is 0 Å². The van der Waals surface area contributed by atoms with Crippen molar-refractivity contribution in [3.8, 4) is 11.5 Å². The first-order valence-electron chi connectivity index (χ1n) is 5.36. The molecule has 0 unspecified atom stereocenters. The maximum absolute atomic E-state index is 5.82. The van der Waals surface area contributed by atoms with Gasteiger partial charge >= 0.3 is 0 Å². The zero-order valence-electron chi connectivity index (χ0n) is 9.03. The standard InChI is InChI=1S/C12H17NO2/c1-14-10-4-5-12(11(13)8-10)15-7-6-9-2-3-9/h4-5,8-9H,2-3,6-7,13H2,1H3. The van der Waals surface area contributed by atoms with Crippen molar-refractivity contribution in [1.29, 1.82) is 0 Å². The van der Waals surface area contributed by atoms with E-state index in [1.54, 1.807) is 13.2 Å². The van der Waals surface area contributed by atoms with Gasteiger partial charge < -0.3 is 15.2 Å². The summed E-state index contributed by atoms with van der Waals surface area (Å²) in [4.78, 5) is 0. The highest BCUT2D eigenvalue weighted by molar-refractivity contribution is 5.56. The van der Waals surface area contributed by atoms with Crippen molar-refractivity contribution in [3.63, 3.8) is 0 Å². The maximum Gasteiger partial charge on any atom is 0.142 e. The Hall–Kier alpha value is -1.38. The third kappa shape index (κ3) is 2.78. The third-order valence-corrected chi connectivity index (χ3v) is 2.70. The minimum absolute atomic E-state index is 0.644. The Morgan fingerprint density at radius 2 is 2.20 bits per heavy atom. The van der Waals surface area contributed by atoms with E-state index in [0.717, 1.165) is 30.4 Å². The van der Waals surface area contributed by atoms with E-state index in [0.29, 0.717) is 5.69 Å². The molecule has 1 aromatic carbocycles. The van der Waals surface area contributed by atoms with Crippen LogP contribution >= 0.6 is 0 Å². The number of hydrogen-bond donors (Lipinski definition) is 1. The van der Waals surface area contributed by atoms with E-state index in [2.05, 4.69) is 0 Å². The summed E-state index contributed by atoms with van der Waals surface area (Å²) in [6.45, 7) is 0.765. The summed E-state index contributed by atoms with van der Waals surface area (Å²) in [5.41, 5.74) is 6.47. The molecule has 0 heterocycles. The number of ether oxygens (including phenoxy) is 2. The van der Waals surface area contributed by atoms with Crippen LogP contribution in [0.1, 0.15) is 19.3 Å². The molecule has 0 spiro atoms. The minimum atomic E-state index is 0.644. The van der Waals surface area contributed by atoms with Gasteiger partial charge in [-0.15, -0.1) is 0 Å². The summed E-state index contributed by atoms with van der Waals surface area (Å²) in [5, 5.41) is 0. The Bertz CT molecular complexity index is 334. The molecule has 0 amide bonds. The maximum atomic E-state index is 5.82. The molecule has 82 valence electrons. The van der Waals surface area contributed by atoms with E-state index < -0.39 is 0 Å². The SMILES string of the molecule is COc1ccc(OCCC2CC2)c(N)c1. The lowest BCUT2D eigenvalue weighted by atomic mass is 10.2. The van der Waals surface area contributed by atoms with Gasteiger partial charge in [0.15, 0.2) is 0 Å². The molecule has 3 nitrogen and oxygen atoms in total. The van der Waals surface area contributed by atoms with Gasteiger partial charge in [0.25, 0.3) is 0 Å². The van der Waals surface area contributed by atoms with E-state index in [1.807, 2.05) is 12.1 Å². The van der Waals surface area contributed by atoms with Crippen molar-refractivity contribution in [3.05, 3.63) is 18.2 Å². The molecular formula is C12H17NO2. The number of benzene rings is 1. The van der Waals surface area contributed by atoms with Crippen molar-refractivity contribution >= 4 is 5.69 Å². The van der Waals surface area contributed by atoms with Gasteiger partial charge in [0.05, 0.1) is 19.4 Å². The van der Waals surface area contributed by atoms with E-state index in [4.69, 9.17) is 15.2 Å². The number of rotatable bonds is 5. The van der Waals surface area contributed by atoms with Crippen molar-refractivity contribution in [1.82, 2.24) is 0 Å². The Morgan fingerprint density at radius 1 is 1.40 bits per heavy atom. The Morgan fingerprint density at radius 3 is 2.80 bits per heavy atom. The van der Waals surface area contributed by atoms with Gasteiger partial charge in [0, 0.05) is 6.07 Å². The lowest BCUT2D eigenvalue weighted by molar-refractivity contribution is 0.303. The number of hydrogen-bond acceptors (Lipinski definition) is 3. The number of nitrogen functional groups attached to an aromatic ring is 1. The first-order valence-corrected chi connectivity index (χ1v) is 5.36. The van der Waals surface area contributed by atoms with Crippen LogP contribution < -0.4 is 15.2 Å². The smallest absolute Gasteiger partial charge is 0.142 e. The van der Waals surface area contributed by atoms with E-state index >= 15 is 0 Å². The van der Waals surface area contributed by atoms with Crippen LogP contribution in [0.4, 0.5) is 5.69 Å². The Kier molecular flexibility index (Phi) is 2.99. The Labute approximate surface area is 90.2 Å². The summed E-state index contributed by atoms with van der Waals surface area (Å²) in [6.07, 6.45) is 3.87. The molecule has 1 aromatic rings. The molecule has 15 heavy (non-hydrogen) atoms. The first kappa shape index (κ1) is 10.1. The molecule has 0 atom stereocenters. The van der Waals surface area contributed by atoms with Crippen LogP contribution in [-0.4, -0.2) is 13.7 Å². The zero-order chi connectivity index (χ0) is 10.7. The highest BCUT2D eigenvalue weighted by Gasteiger charge is 2.20. The third-order valence-electron chi connectivity index (χ3n) is 2.70. The second kappa shape index (κ2) is 4.43. The molecule has 0 radical (unpaired) electrons. The molecule has 0 bridgehead atoms. The van der Waals surface area contributed by atoms with Gasteiger partial charge in [0.2, 0.25) is 0 Å². The van der Waals surface area contributed by atoms with Crippen molar-refractivity contribution in [2.45, 2.75) is 19.3 Å². The molecule has 2 N–H and O–H groups in total. The largest absolute Gasteiger partial charge is 0.497 e. The fourth-order valence-electron chi connectivity index (χ4n) is 1.53. The van der Waals surface area contributed by atoms with Crippen LogP contribution in [0.3, 0.4) is 0 Å². The molecule has 2 rings (SSSR count). The number of anilines is 1. The minimum Gasteiger partial charge on any atom is -0.497 e. The fraction of sp³-hybridized carbons (Fsp3) is 0.500. The molecule has 1 aliphatic rings. The molecule has 0 saturated heterocycles. The molecule has 1 aliphatic carbocycles. The van der Waals surface area contributed by atoms with Crippen LogP contribution in [0.15, 0.2) is 18.2 Å². The van der Waals surface area contributed by atoms with Crippen LogP contribution in [0.2, 0.25) is 0 Å². The predicted octanol–water partition coefficient (Wildman–Crippen LogP) is 2.46. The average Bonchev–Trinajstić information content (AvgIpc) is 3.04. The summed E-state index contributed by atoms with van der Waals surface area (Å²) in [7, 11) is 1.63. The zero-order valence-corrected chi connectivity index (χ0v) is 9.03. The summed E-state index contributed by atoms with van der Waals surface area (Å²) >= 11 is 0. The van der Waals surface area contributed by atoms with Crippen LogP contribution in [0.25, 0.3) is 0 Å². The Balaban J connectivity index is 1.88. The summed E-state index contributed by atoms with van der Waals surface area (Å²) in [6, 6.07) is 5.51. The fourth-order valence-corrected chi connectivity index (χ4v) is 1.53. The summed E-state index contributed by atoms with van der Waals surface area (Å²) < 4.78 is 10.7. The number of methoxy groups -OCH3 is 1. The quantitative estimate of drug-likeness (QED) is 0.754. The molecule has 3 heteroatoms. The highest BCUT2D eigenvalue weighted by atomic mass is 16.5. The molecule has 1 fully saturated rings. The van der Waals surface area contributed by atoms with Crippen LogP contribution in [-0.2, 0) is 0 Å². The second-order valence-electron chi connectivity index (χ2n) is 3.98. The van der Waals surface area contributed by atoms with Crippen LogP contribution in [0, 0.1) is 5.92 Å². The van der Waals surface area contributed by atoms with Gasteiger partial charge in [-0.05, 0) is 24.5 Å². The molecule has 0 aliphatic heterocycles. The second-order valence-corrected chi connectivity index (χ2v) is 3.98. The topological polar surface area (TPSA) is 44.5 Å². The normalized spacial score (nSPS) is 15.0. The van der Waals surface area contributed by atoms with Crippen molar-refractivity contribution in [2.75, 3.05) is 19.5 Å². The molecule has 0 aromatic heterocycles. The average molecular weight is 207 g/mol. The van der Waals surface area contributed by atoms with Crippen molar-refractivity contribution < 1.29 is 9.47 Å². The molecular weight excluding hydrogens is 190 g/mol. The lowest BCUT2D eigenvalue weighted by Crippen LogP contribution is -2.01. The summed E-state index contributed by atoms with van der Waals surface area (Å²) in [5.74, 6) is 2.42. The predicted molar refractivity (Wildman–Crippen MR) is 60.2 cm³/mol. The van der Waals surface area contributed by atoms with Gasteiger partial charge in [0.1, 0.15) is 11.5 Å². The van der Waals surface area contributed by atoms with E-state index in [-0.39, 0.29) is 0 Å². The van der Waals surface area contributed by atoms with Gasteiger partial charge in [-0.3, -0.25) is 0 Å². The molecule has 1 saturated carbocycles. The monoisotopic (exact) mass is 207 g/mol. The van der Waals surface area contributed by atoms with Gasteiger partial charge in [-0.1, -0.05) is 12.8 Å². The highest BCUT2D eigenvalue weighted by Crippen LogP contribution is 2.33. The van der Waals surface area contributed by atoms with Gasteiger partial charge in [-0.25, -0.2) is 0 Å². The van der Waals surface area contributed by atoms with Crippen LogP contribution in [0.5, 0.6) is 11.5 Å². The van der Waals surface area contributed by atoms with Crippen molar-refractivity contribution in [2.24, 2.45) is 5.92 Å². The number of nitrogens with two attached hydrogens (primary N) is 1. The van der Waals surface area contributed by atoms with Gasteiger partial charge in [-0.2, -0.15) is 0 Å². The lowest BCUT2D eigenvalue weighted by Gasteiger charge is -2.09.